The number of aromatic nitrogens is 1. The van der Waals surface area contributed by atoms with Crippen LogP contribution in [0.4, 0.5) is 0 Å². The zero-order chi connectivity index (χ0) is 10.8. The molecule has 14 heavy (non-hydrogen) atoms. The molecule has 1 aromatic rings. The van der Waals surface area contributed by atoms with Crippen LogP contribution in [0.3, 0.4) is 0 Å². The summed E-state index contributed by atoms with van der Waals surface area (Å²) in [7, 11) is 1.63. The van der Waals surface area contributed by atoms with E-state index in [4.69, 9.17) is 16.3 Å². The Morgan fingerprint density at radius 2 is 2.07 bits per heavy atom. The Kier molecular flexibility index (Phi) is 4.07. The molecule has 1 rings (SSSR count). The predicted octanol–water partition coefficient (Wildman–Crippen LogP) is 2.29. The fourth-order valence-electron chi connectivity index (χ4n) is 1.03. The standard InChI is InChI=1S/C6H5ClNO.C4H9.Sn/c1-9-6-3-2-5(7)4-8-6;1-4(2)3;/h3-4H,1H3;1-3H3;. The zero-order valence-corrected chi connectivity index (χ0v) is 12.5. The van der Waals surface area contributed by atoms with Gasteiger partial charge >= 0.3 is 101 Å². The number of halogens is 1. The topological polar surface area (TPSA) is 22.1 Å². The number of ether oxygens (including phenoxy) is 1. The molecule has 0 aliphatic carbocycles. The Bertz CT molecular complexity index is 322. The Morgan fingerprint density at radius 3 is 2.57 bits per heavy atom. The van der Waals surface area contributed by atoms with Crippen LogP contribution in [0.25, 0.3) is 0 Å². The molecule has 1 aromatic heterocycles. The first-order valence-electron chi connectivity index (χ1n) is 4.40. The SMILES string of the molecule is COc1c[c]([Sn][C](C)(C)C)c(Cl)cn1. The van der Waals surface area contributed by atoms with Crippen molar-refractivity contribution in [2.75, 3.05) is 7.11 Å². The first-order valence-corrected chi connectivity index (χ1v) is 7.63. The van der Waals surface area contributed by atoms with Gasteiger partial charge < -0.3 is 0 Å². The zero-order valence-electron chi connectivity index (χ0n) is 8.89. The molecule has 1 heterocycles. The van der Waals surface area contributed by atoms with Crippen molar-refractivity contribution in [1.29, 1.82) is 0 Å². The van der Waals surface area contributed by atoms with E-state index in [1.54, 1.807) is 13.3 Å². The van der Waals surface area contributed by atoms with Gasteiger partial charge in [0.05, 0.1) is 0 Å². The van der Waals surface area contributed by atoms with Gasteiger partial charge in [0.15, 0.2) is 0 Å². The van der Waals surface area contributed by atoms with Gasteiger partial charge in [0, 0.05) is 0 Å². The van der Waals surface area contributed by atoms with Gasteiger partial charge in [-0.2, -0.15) is 0 Å². The van der Waals surface area contributed by atoms with Crippen LogP contribution < -0.4 is 8.32 Å². The van der Waals surface area contributed by atoms with Crippen LogP contribution in [0, 0.1) is 0 Å². The molecule has 0 bridgehead atoms. The predicted molar refractivity (Wildman–Crippen MR) is 60.9 cm³/mol. The second kappa shape index (κ2) is 4.71. The van der Waals surface area contributed by atoms with Gasteiger partial charge in [-0.1, -0.05) is 0 Å². The summed E-state index contributed by atoms with van der Waals surface area (Å²) >= 11 is 5.41. The van der Waals surface area contributed by atoms with Gasteiger partial charge in [0.2, 0.25) is 0 Å². The Hall–Kier alpha value is 0.0387. The summed E-state index contributed by atoms with van der Waals surface area (Å²) in [6.07, 6.45) is 1.68. The van der Waals surface area contributed by atoms with Crippen molar-refractivity contribution in [1.82, 2.24) is 4.98 Å². The van der Waals surface area contributed by atoms with Crippen molar-refractivity contribution in [3.05, 3.63) is 17.3 Å². The third-order valence-corrected chi connectivity index (χ3v) is 6.39. The van der Waals surface area contributed by atoms with Crippen LogP contribution in [-0.2, 0) is 0 Å². The minimum atomic E-state index is -0.677. The van der Waals surface area contributed by atoms with Crippen molar-refractivity contribution >= 4 is 36.3 Å². The summed E-state index contributed by atoms with van der Waals surface area (Å²) < 4.78 is 6.73. The summed E-state index contributed by atoms with van der Waals surface area (Å²) in [6.45, 7) is 6.76. The van der Waals surface area contributed by atoms with Crippen LogP contribution in [0.2, 0.25) is 8.45 Å². The van der Waals surface area contributed by atoms with Crippen LogP contribution in [0.1, 0.15) is 20.8 Å². The molecule has 0 N–H and O–H groups in total. The summed E-state index contributed by atoms with van der Waals surface area (Å²) in [5.74, 6) is 0.662. The van der Waals surface area contributed by atoms with Crippen LogP contribution in [0.5, 0.6) is 5.88 Å². The summed E-state index contributed by atoms with van der Waals surface area (Å²) in [4.78, 5) is 4.06. The van der Waals surface area contributed by atoms with E-state index in [9.17, 15) is 0 Å². The van der Waals surface area contributed by atoms with E-state index in [1.807, 2.05) is 6.07 Å². The first kappa shape index (κ1) is 12.1. The van der Waals surface area contributed by atoms with Crippen molar-refractivity contribution < 1.29 is 4.74 Å². The van der Waals surface area contributed by atoms with E-state index in [0.29, 0.717) is 9.31 Å². The van der Waals surface area contributed by atoms with E-state index in [2.05, 4.69) is 25.8 Å². The number of nitrogens with zero attached hydrogens (tertiary/aromatic N) is 1. The maximum absolute atomic E-state index is 6.08. The molecule has 0 atom stereocenters. The Labute approximate surface area is 100 Å². The van der Waals surface area contributed by atoms with Crippen LogP contribution >= 0.6 is 11.6 Å². The van der Waals surface area contributed by atoms with Gasteiger partial charge in [-0.25, -0.2) is 0 Å². The van der Waals surface area contributed by atoms with Gasteiger partial charge in [-0.05, 0) is 0 Å². The molecule has 0 unspecified atom stereocenters. The minimum absolute atomic E-state index is 0.388. The van der Waals surface area contributed by atoms with Crippen LogP contribution in [0.15, 0.2) is 12.3 Å². The van der Waals surface area contributed by atoms with E-state index < -0.39 is 21.1 Å². The second-order valence-corrected chi connectivity index (χ2v) is 11.0. The molecule has 0 spiro atoms. The van der Waals surface area contributed by atoms with Crippen LogP contribution in [-0.4, -0.2) is 33.2 Å². The number of hydrogen-bond donors (Lipinski definition) is 0. The number of rotatable bonds is 2. The molecule has 2 radical (unpaired) electrons. The molecule has 0 saturated heterocycles. The quantitative estimate of drug-likeness (QED) is 0.781. The molecule has 0 fully saturated rings. The third-order valence-electron chi connectivity index (χ3n) is 1.55. The van der Waals surface area contributed by atoms with E-state index in [-0.39, 0.29) is 0 Å². The molecule has 2 nitrogen and oxygen atoms in total. The molecule has 0 amide bonds. The normalized spacial score (nSPS) is 11.5. The van der Waals surface area contributed by atoms with E-state index >= 15 is 0 Å². The maximum atomic E-state index is 6.08. The molecular weight excluding hydrogens is 304 g/mol. The first-order chi connectivity index (χ1) is 6.42. The molecule has 76 valence electrons. The van der Waals surface area contributed by atoms with Gasteiger partial charge in [0.1, 0.15) is 0 Å². The average molecular weight is 318 g/mol. The van der Waals surface area contributed by atoms with Gasteiger partial charge in [-0.3, -0.25) is 0 Å². The average Bonchev–Trinajstić information content (AvgIpc) is 2.06. The number of pyridine rings is 1. The fraction of sp³-hybridized carbons (Fsp3) is 0.500. The summed E-state index contributed by atoms with van der Waals surface area (Å²) in [5.41, 5.74) is 0. The van der Waals surface area contributed by atoms with E-state index in [0.717, 1.165) is 5.02 Å². The fourth-order valence-corrected chi connectivity index (χ4v) is 4.84. The molecule has 0 aliphatic rings. The molecule has 4 heteroatoms. The second-order valence-electron chi connectivity index (χ2n) is 4.08. The van der Waals surface area contributed by atoms with Crippen molar-refractivity contribution in [2.45, 2.75) is 24.2 Å². The molecular formula is C10H14ClNOSn. The van der Waals surface area contributed by atoms with Gasteiger partial charge in [0.25, 0.3) is 0 Å². The monoisotopic (exact) mass is 319 g/mol. The number of hydrogen-bond acceptors (Lipinski definition) is 2. The van der Waals surface area contributed by atoms with Gasteiger partial charge in [-0.15, -0.1) is 0 Å². The van der Waals surface area contributed by atoms with Crippen molar-refractivity contribution in [3.8, 4) is 5.88 Å². The number of methoxy groups -OCH3 is 1. The van der Waals surface area contributed by atoms with E-state index in [1.165, 1.54) is 3.58 Å². The third kappa shape index (κ3) is 3.65. The Balaban J connectivity index is 2.95. The molecule has 0 saturated carbocycles. The molecule has 0 aliphatic heterocycles. The van der Waals surface area contributed by atoms with Crippen molar-refractivity contribution in [3.63, 3.8) is 0 Å². The molecule has 0 aromatic carbocycles. The van der Waals surface area contributed by atoms with Crippen molar-refractivity contribution in [2.24, 2.45) is 0 Å². The Morgan fingerprint density at radius 1 is 1.43 bits per heavy atom. The summed E-state index contributed by atoms with van der Waals surface area (Å²) in [6, 6.07) is 1.97. The summed E-state index contributed by atoms with van der Waals surface area (Å²) in [5, 5.41) is 0.785.